The highest BCUT2D eigenvalue weighted by atomic mass is 16.4. The lowest BCUT2D eigenvalue weighted by molar-refractivity contribution is -0.174. The van der Waals surface area contributed by atoms with Crippen molar-refractivity contribution in [3.05, 3.63) is 0 Å². The van der Waals surface area contributed by atoms with Crippen LogP contribution in [0.2, 0.25) is 0 Å². The minimum atomic E-state index is -3.61. The monoisotopic (exact) mass is 481 g/mol. The Bertz CT molecular complexity index is 810. The van der Waals surface area contributed by atoms with Gasteiger partial charge in [-0.15, -0.1) is 0 Å². The van der Waals surface area contributed by atoms with E-state index >= 15 is 0 Å². The van der Waals surface area contributed by atoms with Crippen molar-refractivity contribution in [1.82, 2.24) is 5.32 Å². The van der Waals surface area contributed by atoms with Crippen LogP contribution in [0.15, 0.2) is 0 Å². The Balaban J connectivity index is 7.43. The van der Waals surface area contributed by atoms with Crippen molar-refractivity contribution < 1.29 is 79.2 Å². The zero-order valence-electron chi connectivity index (χ0n) is 16.3. The number of carboxylic acid groups (broad SMARTS) is 8. The minimum Gasteiger partial charge on any atom is -0.481 e. The second kappa shape index (κ2) is 10.8. The van der Waals surface area contributed by atoms with E-state index in [1.165, 1.54) is 5.32 Å². The normalized spacial score (nSPS) is 16.2. The lowest BCUT2D eigenvalue weighted by Gasteiger charge is -2.43. The topological polar surface area (TPSA) is 310 Å². The summed E-state index contributed by atoms with van der Waals surface area (Å²) in [7, 11) is 0. The van der Waals surface area contributed by atoms with Gasteiger partial charge in [-0.2, -0.15) is 0 Å². The Kier molecular flexibility index (Phi) is 9.44. The lowest BCUT2D eigenvalue weighted by Crippen LogP contribution is -2.73. The van der Waals surface area contributed by atoms with Crippen LogP contribution in [-0.2, 0) is 38.4 Å². The molecule has 0 aliphatic heterocycles. The van der Waals surface area contributed by atoms with Crippen LogP contribution in [0.5, 0.6) is 0 Å². The zero-order chi connectivity index (χ0) is 26.3. The predicted octanol–water partition coefficient (Wildman–Crippen LogP) is -2.48. The number of hydrogen-bond donors (Lipinski definition) is 9. The Morgan fingerprint density at radius 2 is 0.788 bits per heavy atom. The van der Waals surface area contributed by atoms with Crippen LogP contribution in [0.25, 0.3) is 0 Å². The molecule has 4 unspecified atom stereocenters. The molecule has 4 atom stereocenters. The van der Waals surface area contributed by atoms with E-state index in [0.717, 1.165) is 0 Å². The number of rotatable bonds is 16. The van der Waals surface area contributed by atoms with Crippen LogP contribution in [0.4, 0.5) is 0 Å². The van der Waals surface area contributed by atoms with Gasteiger partial charge in [0.1, 0.15) is 11.1 Å². The molecule has 0 aromatic carbocycles. The third kappa shape index (κ3) is 6.86. The molecule has 0 amide bonds. The molecule has 33 heavy (non-hydrogen) atoms. The third-order valence-electron chi connectivity index (χ3n) is 4.61. The maximum atomic E-state index is 12.1. The second-order valence-electron chi connectivity index (χ2n) is 6.80. The Morgan fingerprint density at radius 3 is 0.939 bits per heavy atom. The molecule has 17 heteroatoms. The van der Waals surface area contributed by atoms with E-state index in [4.69, 9.17) is 20.4 Å². The van der Waals surface area contributed by atoms with Crippen molar-refractivity contribution in [3.8, 4) is 0 Å². The van der Waals surface area contributed by atoms with E-state index in [2.05, 4.69) is 0 Å². The summed E-state index contributed by atoms with van der Waals surface area (Å²) in [6.45, 7) is 0. The zero-order valence-corrected chi connectivity index (χ0v) is 16.3. The molecule has 0 aromatic rings. The smallest absolute Gasteiger partial charge is 0.325 e. The van der Waals surface area contributed by atoms with Crippen LogP contribution in [0.1, 0.15) is 25.7 Å². The summed E-state index contributed by atoms with van der Waals surface area (Å²) in [5.41, 5.74) is -7.23. The SMILES string of the molecule is O=C(O)CC(C(=O)O)C(CC(=O)O)(NC(CC(=O)O)(C(=O)O)C(CC(=O)O)C(=O)O)C(=O)O. The number of nitrogens with one attached hydrogen (secondary N) is 1. The molecule has 0 heterocycles. The van der Waals surface area contributed by atoms with Gasteiger partial charge in [-0.1, -0.05) is 0 Å². The highest BCUT2D eigenvalue weighted by molar-refractivity contribution is 5.97. The van der Waals surface area contributed by atoms with Gasteiger partial charge in [-0.25, -0.2) is 0 Å². The van der Waals surface area contributed by atoms with Crippen molar-refractivity contribution in [2.45, 2.75) is 36.8 Å². The first-order chi connectivity index (χ1) is 14.9. The van der Waals surface area contributed by atoms with Gasteiger partial charge in [-0.05, 0) is 0 Å². The number of aliphatic carboxylic acids is 8. The fourth-order valence-electron chi connectivity index (χ4n) is 3.23. The van der Waals surface area contributed by atoms with Gasteiger partial charge in [0, 0.05) is 0 Å². The summed E-state index contributed by atoms with van der Waals surface area (Å²) in [6, 6.07) is 0. The molecule has 0 spiro atoms. The van der Waals surface area contributed by atoms with Crippen molar-refractivity contribution in [2.75, 3.05) is 0 Å². The minimum absolute atomic E-state index is 1.47. The molecule has 17 nitrogen and oxygen atoms in total. The van der Waals surface area contributed by atoms with Crippen LogP contribution in [0.3, 0.4) is 0 Å². The molecule has 184 valence electrons. The Hall–Kier alpha value is -4.28. The largest absolute Gasteiger partial charge is 0.481 e. The quantitative estimate of drug-likeness (QED) is 0.110. The van der Waals surface area contributed by atoms with Gasteiger partial charge in [0.05, 0.1) is 37.5 Å². The van der Waals surface area contributed by atoms with E-state index < -0.39 is 96.4 Å². The highest BCUT2D eigenvalue weighted by Crippen LogP contribution is 2.35. The number of carbonyl (C=O) groups is 8. The molecule has 0 saturated heterocycles. The van der Waals surface area contributed by atoms with Crippen LogP contribution in [0, 0.1) is 11.8 Å². The summed E-state index contributed by atoms with van der Waals surface area (Å²) in [6.07, 6.45) is -6.97. The number of carboxylic acids is 8. The van der Waals surface area contributed by atoms with Crippen LogP contribution >= 0.6 is 0 Å². The first-order valence-electron chi connectivity index (χ1n) is 8.51. The molecule has 0 saturated carbocycles. The highest BCUT2D eigenvalue weighted by Gasteiger charge is 2.62. The summed E-state index contributed by atoms with van der Waals surface area (Å²) in [5.74, 6) is -23.3. The predicted molar refractivity (Wildman–Crippen MR) is 95.1 cm³/mol. The molecule has 0 aliphatic rings. The number of hydrogen-bond acceptors (Lipinski definition) is 9. The van der Waals surface area contributed by atoms with E-state index in [1.54, 1.807) is 0 Å². The van der Waals surface area contributed by atoms with Crippen LogP contribution in [-0.4, -0.2) is 99.7 Å². The Morgan fingerprint density at radius 1 is 0.515 bits per heavy atom. The molecule has 0 bridgehead atoms. The maximum absolute atomic E-state index is 12.1. The van der Waals surface area contributed by atoms with E-state index in [-0.39, 0.29) is 0 Å². The van der Waals surface area contributed by atoms with E-state index in [9.17, 15) is 58.8 Å². The molecule has 9 N–H and O–H groups in total. The first-order valence-corrected chi connectivity index (χ1v) is 8.51. The van der Waals surface area contributed by atoms with Crippen LogP contribution < -0.4 is 5.32 Å². The standard InChI is InChI=1S/C16H19NO16/c18-7(19)1-5(11(26)27)15(13(30)31,3-9(22)23)17-16(14(32)33,4-10(24)25)6(12(28)29)2-8(20)21/h5-6,17H,1-4H2,(H,18,19)(H,20,21)(H,22,23)(H,24,25)(H,26,27)(H,28,29)(H,30,31)(H,32,33). The summed E-state index contributed by atoms with van der Waals surface area (Å²) < 4.78 is 0. The molecule has 0 radical (unpaired) electrons. The molecule has 0 fully saturated rings. The van der Waals surface area contributed by atoms with Gasteiger partial charge >= 0.3 is 47.8 Å². The first kappa shape index (κ1) is 28.7. The maximum Gasteiger partial charge on any atom is 0.325 e. The molecular formula is C16H19NO16. The molecular weight excluding hydrogens is 462 g/mol. The van der Waals surface area contributed by atoms with Crippen molar-refractivity contribution in [3.63, 3.8) is 0 Å². The third-order valence-corrected chi connectivity index (χ3v) is 4.61. The average molecular weight is 481 g/mol. The van der Waals surface area contributed by atoms with Gasteiger partial charge in [0.15, 0.2) is 0 Å². The molecule has 0 aliphatic carbocycles. The fourth-order valence-corrected chi connectivity index (χ4v) is 3.23. The van der Waals surface area contributed by atoms with Gasteiger partial charge < -0.3 is 40.9 Å². The average Bonchev–Trinajstić information content (AvgIpc) is 2.61. The molecule has 0 rings (SSSR count). The summed E-state index contributed by atoms with van der Waals surface area (Å²) in [4.78, 5) is 92.6. The fraction of sp³-hybridized carbons (Fsp3) is 0.500. The van der Waals surface area contributed by atoms with Gasteiger partial charge in [0.2, 0.25) is 0 Å². The molecule has 0 aromatic heterocycles. The van der Waals surface area contributed by atoms with Gasteiger partial charge in [-0.3, -0.25) is 43.7 Å². The Labute approximate surface area is 181 Å². The summed E-state index contributed by atoms with van der Waals surface area (Å²) in [5, 5.41) is 75.9. The van der Waals surface area contributed by atoms with Crippen molar-refractivity contribution >= 4 is 47.8 Å². The van der Waals surface area contributed by atoms with Gasteiger partial charge in [0.25, 0.3) is 0 Å². The van der Waals surface area contributed by atoms with Crippen molar-refractivity contribution in [1.29, 1.82) is 0 Å². The van der Waals surface area contributed by atoms with Crippen molar-refractivity contribution in [2.24, 2.45) is 11.8 Å². The van der Waals surface area contributed by atoms with E-state index in [0.29, 0.717) is 0 Å². The second-order valence-corrected chi connectivity index (χ2v) is 6.80. The van der Waals surface area contributed by atoms with E-state index in [1.807, 2.05) is 0 Å². The summed E-state index contributed by atoms with van der Waals surface area (Å²) >= 11 is 0. The lowest BCUT2D eigenvalue weighted by atomic mass is 9.72.